The summed E-state index contributed by atoms with van der Waals surface area (Å²) in [5.41, 5.74) is 1.63. The molecule has 0 radical (unpaired) electrons. The van der Waals surface area contributed by atoms with Crippen LogP contribution < -0.4 is 5.32 Å². The van der Waals surface area contributed by atoms with Crippen LogP contribution in [-0.4, -0.2) is 5.91 Å². The minimum Gasteiger partial charge on any atom is -0.464 e. The molecule has 0 aliphatic carbocycles. The van der Waals surface area contributed by atoms with Crippen LogP contribution in [0.2, 0.25) is 0 Å². The van der Waals surface area contributed by atoms with Gasteiger partial charge in [-0.05, 0) is 42.5 Å². The van der Waals surface area contributed by atoms with Gasteiger partial charge in [-0.1, -0.05) is 0 Å². The molecule has 3 aromatic rings. The molecule has 0 bridgehead atoms. The molecule has 0 aliphatic heterocycles. The second kappa shape index (κ2) is 5.36. The molecule has 0 fully saturated rings. The maximum atomic E-state index is 13.2. The summed E-state index contributed by atoms with van der Waals surface area (Å²) in [6.07, 6.45) is 1.49. The monoisotopic (exact) mass is 287 g/mol. The smallest absolute Gasteiger partial charge is 0.228 e. The summed E-state index contributed by atoms with van der Waals surface area (Å²) in [4.78, 5) is 12.0. The number of hydrogen-bond donors (Lipinski definition) is 1. The molecule has 0 unspecified atom stereocenters. The van der Waals surface area contributed by atoms with Gasteiger partial charge >= 0.3 is 0 Å². The lowest BCUT2D eigenvalue weighted by molar-refractivity contribution is -0.115. The van der Waals surface area contributed by atoms with Gasteiger partial charge in [0.2, 0.25) is 5.91 Å². The first-order chi connectivity index (χ1) is 10.1. The van der Waals surface area contributed by atoms with Gasteiger partial charge in [-0.15, -0.1) is 0 Å². The number of hydrogen-bond acceptors (Lipinski definition) is 2. The Bertz CT molecular complexity index is 794. The lowest BCUT2D eigenvalue weighted by Gasteiger charge is -2.04. The van der Waals surface area contributed by atoms with Crippen LogP contribution in [0.5, 0.6) is 0 Å². The van der Waals surface area contributed by atoms with Gasteiger partial charge in [-0.2, -0.15) is 0 Å². The molecule has 1 amide bonds. The molecular formula is C16H11F2NO2. The molecule has 1 heterocycles. The quantitative estimate of drug-likeness (QED) is 0.794. The van der Waals surface area contributed by atoms with Gasteiger partial charge in [0.25, 0.3) is 0 Å². The molecule has 21 heavy (non-hydrogen) atoms. The van der Waals surface area contributed by atoms with E-state index in [0.29, 0.717) is 22.2 Å². The predicted octanol–water partition coefficient (Wildman–Crippen LogP) is 3.89. The number of amides is 1. The van der Waals surface area contributed by atoms with Crippen LogP contribution in [0.25, 0.3) is 11.0 Å². The van der Waals surface area contributed by atoms with Crippen molar-refractivity contribution in [1.29, 1.82) is 0 Å². The number of benzene rings is 2. The van der Waals surface area contributed by atoms with Crippen LogP contribution in [-0.2, 0) is 11.2 Å². The second-order valence-electron chi connectivity index (χ2n) is 4.63. The Morgan fingerprint density at radius 3 is 2.52 bits per heavy atom. The summed E-state index contributed by atoms with van der Waals surface area (Å²) < 4.78 is 31.3. The number of rotatable bonds is 3. The topological polar surface area (TPSA) is 42.2 Å². The molecule has 3 nitrogen and oxygen atoms in total. The second-order valence-corrected chi connectivity index (χ2v) is 4.63. The van der Waals surface area contributed by atoms with Crippen LogP contribution >= 0.6 is 0 Å². The van der Waals surface area contributed by atoms with Gasteiger partial charge in [-0.3, -0.25) is 4.79 Å². The van der Waals surface area contributed by atoms with Crippen molar-refractivity contribution in [2.45, 2.75) is 6.42 Å². The molecule has 1 N–H and O–H groups in total. The Morgan fingerprint density at radius 1 is 1.05 bits per heavy atom. The van der Waals surface area contributed by atoms with Crippen LogP contribution in [0, 0.1) is 11.6 Å². The van der Waals surface area contributed by atoms with Crippen molar-refractivity contribution in [2.75, 3.05) is 5.32 Å². The fraction of sp³-hybridized carbons (Fsp3) is 0.0625. The molecule has 0 aliphatic rings. The van der Waals surface area contributed by atoms with Gasteiger partial charge in [0.05, 0.1) is 12.7 Å². The molecule has 0 spiro atoms. The first-order valence-electron chi connectivity index (χ1n) is 6.33. The van der Waals surface area contributed by atoms with E-state index in [1.165, 1.54) is 48.7 Å². The van der Waals surface area contributed by atoms with Gasteiger partial charge < -0.3 is 9.73 Å². The molecule has 0 saturated heterocycles. The lowest BCUT2D eigenvalue weighted by atomic mass is 10.1. The van der Waals surface area contributed by atoms with Crippen molar-refractivity contribution in [3.8, 4) is 0 Å². The first-order valence-corrected chi connectivity index (χ1v) is 6.33. The van der Waals surface area contributed by atoms with Crippen molar-refractivity contribution >= 4 is 22.6 Å². The number of halogens is 2. The molecule has 106 valence electrons. The summed E-state index contributed by atoms with van der Waals surface area (Å²) in [6.45, 7) is 0. The third-order valence-electron chi connectivity index (χ3n) is 3.09. The van der Waals surface area contributed by atoms with Crippen molar-refractivity contribution in [3.63, 3.8) is 0 Å². The number of furan rings is 1. The highest BCUT2D eigenvalue weighted by molar-refractivity contribution is 5.95. The van der Waals surface area contributed by atoms with Crippen molar-refractivity contribution in [2.24, 2.45) is 0 Å². The average molecular weight is 287 g/mol. The number of carbonyl (C=O) groups excluding carboxylic acids is 1. The highest BCUT2D eigenvalue weighted by Gasteiger charge is 2.11. The summed E-state index contributed by atoms with van der Waals surface area (Å²) in [6, 6.07) is 9.62. The fourth-order valence-electron chi connectivity index (χ4n) is 2.10. The maximum absolute atomic E-state index is 13.2. The normalized spacial score (nSPS) is 10.8. The Morgan fingerprint density at radius 2 is 1.76 bits per heavy atom. The van der Waals surface area contributed by atoms with E-state index in [-0.39, 0.29) is 24.0 Å². The van der Waals surface area contributed by atoms with Crippen LogP contribution in [0.4, 0.5) is 14.5 Å². The molecule has 0 saturated carbocycles. The van der Waals surface area contributed by atoms with Crippen molar-refractivity contribution in [3.05, 3.63) is 65.9 Å². The van der Waals surface area contributed by atoms with E-state index in [1.807, 2.05) is 0 Å². The van der Waals surface area contributed by atoms with Crippen LogP contribution in [0.15, 0.2) is 53.1 Å². The van der Waals surface area contributed by atoms with E-state index < -0.39 is 0 Å². The summed E-state index contributed by atoms with van der Waals surface area (Å²) >= 11 is 0. The Hall–Kier alpha value is -2.69. The van der Waals surface area contributed by atoms with Gasteiger partial charge in [0.1, 0.15) is 17.2 Å². The minimum absolute atomic E-state index is 0.0494. The maximum Gasteiger partial charge on any atom is 0.228 e. The van der Waals surface area contributed by atoms with Crippen molar-refractivity contribution in [1.82, 2.24) is 0 Å². The zero-order chi connectivity index (χ0) is 14.8. The molecule has 1 aromatic heterocycles. The van der Waals surface area contributed by atoms with Crippen molar-refractivity contribution < 1.29 is 18.0 Å². The SMILES string of the molecule is O=C(Cc1coc2ccc(F)cc12)Nc1ccc(F)cc1. The van der Waals surface area contributed by atoms with Gasteiger partial charge in [0, 0.05) is 16.6 Å². The Balaban J connectivity index is 1.77. The molecule has 0 atom stereocenters. The highest BCUT2D eigenvalue weighted by Crippen LogP contribution is 2.23. The molecule has 3 rings (SSSR count). The van der Waals surface area contributed by atoms with E-state index in [2.05, 4.69) is 5.32 Å². The first kappa shape index (κ1) is 13.3. The predicted molar refractivity (Wildman–Crippen MR) is 74.9 cm³/mol. The number of anilines is 1. The largest absolute Gasteiger partial charge is 0.464 e. The number of carbonyl (C=O) groups is 1. The third-order valence-corrected chi connectivity index (χ3v) is 3.09. The van der Waals surface area contributed by atoms with E-state index >= 15 is 0 Å². The third kappa shape index (κ3) is 2.91. The molecule has 5 heteroatoms. The Kier molecular flexibility index (Phi) is 3.39. The Labute approximate surface area is 119 Å². The highest BCUT2D eigenvalue weighted by atomic mass is 19.1. The van der Waals surface area contributed by atoms with E-state index in [4.69, 9.17) is 4.42 Å². The van der Waals surface area contributed by atoms with Crippen LogP contribution in [0.1, 0.15) is 5.56 Å². The van der Waals surface area contributed by atoms with E-state index in [0.717, 1.165) is 0 Å². The summed E-state index contributed by atoms with van der Waals surface area (Å²) in [5, 5.41) is 3.22. The number of fused-ring (bicyclic) bond motifs is 1. The van der Waals surface area contributed by atoms with E-state index in [1.54, 1.807) is 0 Å². The van der Waals surface area contributed by atoms with Crippen LogP contribution in [0.3, 0.4) is 0 Å². The molecular weight excluding hydrogens is 276 g/mol. The zero-order valence-corrected chi connectivity index (χ0v) is 10.9. The molecule has 2 aromatic carbocycles. The fourth-order valence-corrected chi connectivity index (χ4v) is 2.10. The van der Waals surface area contributed by atoms with Gasteiger partial charge in [-0.25, -0.2) is 8.78 Å². The number of nitrogens with one attached hydrogen (secondary N) is 1. The standard InChI is InChI=1S/C16H11F2NO2/c17-11-1-4-13(5-2-11)19-16(20)7-10-9-21-15-6-3-12(18)8-14(10)15/h1-6,8-9H,7H2,(H,19,20). The lowest BCUT2D eigenvalue weighted by Crippen LogP contribution is -2.14. The van der Waals surface area contributed by atoms with Gasteiger partial charge in [0.15, 0.2) is 0 Å². The summed E-state index contributed by atoms with van der Waals surface area (Å²) in [7, 11) is 0. The minimum atomic E-state index is -0.385. The van der Waals surface area contributed by atoms with E-state index in [9.17, 15) is 13.6 Å². The average Bonchev–Trinajstić information content (AvgIpc) is 2.84. The zero-order valence-electron chi connectivity index (χ0n) is 10.9. The summed E-state index contributed by atoms with van der Waals surface area (Å²) in [5.74, 6) is -1.04.